The summed E-state index contributed by atoms with van der Waals surface area (Å²) in [4.78, 5) is 8.91. The van der Waals surface area contributed by atoms with E-state index in [0.29, 0.717) is 28.0 Å². The monoisotopic (exact) mass is 301 g/mol. The third-order valence-electron chi connectivity index (χ3n) is 3.20. The van der Waals surface area contributed by atoms with Crippen molar-refractivity contribution in [2.45, 2.75) is 26.7 Å². The standard InChI is InChI=1S/C16H16ClN3O/c1-9(2)16-19-14(10(3)15(17)20-16)12-7-11(8-18)5-6-13(12)21-4/h5-7,9H,1-4H3. The van der Waals surface area contributed by atoms with Crippen molar-refractivity contribution in [3.05, 3.63) is 40.3 Å². The topological polar surface area (TPSA) is 58.8 Å². The van der Waals surface area contributed by atoms with Gasteiger partial charge in [0.2, 0.25) is 0 Å². The van der Waals surface area contributed by atoms with Gasteiger partial charge in [0.25, 0.3) is 0 Å². The van der Waals surface area contributed by atoms with E-state index in [2.05, 4.69) is 16.0 Å². The van der Waals surface area contributed by atoms with Crippen molar-refractivity contribution in [1.82, 2.24) is 9.97 Å². The molecule has 0 spiro atoms. The molecule has 0 bridgehead atoms. The highest BCUT2D eigenvalue weighted by molar-refractivity contribution is 6.30. The number of ether oxygens (including phenoxy) is 1. The van der Waals surface area contributed by atoms with Crippen molar-refractivity contribution in [2.75, 3.05) is 7.11 Å². The van der Waals surface area contributed by atoms with Crippen LogP contribution < -0.4 is 4.74 Å². The Bertz CT molecular complexity index is 720. The number of aromatic nitrogens is 2. The van der Waals surface area contributed by atoms with Gasteiger partial charge in [0.1, 0.15) is 16.7 Å². The van der Waals surface area contributed by atoms with Crippen LogP contribution in [0.3, 0.4) is 0 Å². The zero-order chi connectivity index (χ0) is 15.6. The lowest BCUT2D eigenvalue weighted by Gasteiger charge is -2.14. The molecule has 1 heterocycles. The number of nitrogens with zero attached hydrogens (tertiary/aromatic N) is 3. The number of nitriles is 1. The molecule has 0 fully saturated rings. The van der Waals surface area contributed by atoms with E-state index in [1.807, 2.05) is 20.8 Å². The van der Waals surface area contributed by atoms with Crippen molar-refractivity contribution < 1.29 is 4.74 Å². The van der Waals surface area contributed by atoms with Gasteiger partial charge in [0.15, 0.2) is 0 Å². The molecule has 2 aromatic rings. The molecular weight excluding hydrogens is 286 g/mol. The third kappa shape index (κ3) is 2.98. The summed E-state index contributed by atoms with van der Waals surface area (Å²) in [6.07, 6.45) is 0. The molecule has 0 atom stereocenters. The summed E-state index contributed by atoms with van der Waals surface area (Å²) >= 11 is 6.23. The Morgan fingerprint density at radius 3 is 2.57 bits per heavy atom. The Balaban J connectivity index is 2.74. The molecule has 1 aromatic carbocycles. The lowest BCUT2D eigenvalue weighted by atomic mass is 10.0. The molecule has 0 N–H and O–H groups in total. The van der Waals surface area contributed by atoms with Crippen LogP contribution in [0.1, 0.15) is 36.7 Å². The zero-order valence-corrected chi connectivity index (χ0v) is 13.2. The van der Waals surface area contributed by atoms with Gasteiger partial charge in [-0.25, -0.2) is 9.97 Å². The van der Waals surface area contributed by atoms with Crippen LogP contribution in [0.25, 0.3) is 11.3 Å². The van der Waals surface area contributed by atoms with E-state index in [1.165, 1.54) is 0 Å². The first kappa shape index (κ1) is 15.3. The van der Waals surface area contributed by atoms with E-state index in [4.69, 9.17) is 21.6 Å². The van der Waals surface area contributed by atoms with Crippen molar-refractivity contribution in [2.24, 2.45) is 0 Å². The minimum Gasteiger partial charge on any atom is -0.496 e. The van der Waals surface area contributed by atoms with Crippen LogP contribution in [0.4, 0.5) is 0 Å². The highest BCUT2D eigenvalue weighted by Gasteiger charge is 2.17. The summed E-state index contributed by atoms with van der Waals surface area (Å²) < 4.78 is 5.38. The molecule has 0 amide bonds. The molecule has 0 saturated carbocycles. The zero-order valence-electron chi connectivity index (χ0n) is 12.4. The van der Waals surface area contributed by atoms with E-state index < -0.39 is 0 Å². The van der Waals surface area contributed by atoms with E-state index in [1.54, 1.807) is 25.3 Å². The number of benzene rings is 1. The Morgan fingerprint density at radius 2 is 2.00 bits per heavy atom. The largest absolute Gasteiger partial charge is 0.496 e. The molecule has 2 rings (SSSR count). The first-order valence-corrected chi connectivity index (χ1v) is 6.98. The van der Waals surface area contributed by atoms with Crippen molar-refractivity contribution >= 4 is 11.6 Å². The Morgan fingerprint density at radius 1 is 1.29 bits per heavy atom. The van der Waals surface area contributed by atoms with Gasteiger partial charge in [-0.3, -0.25) is 0 Å². The fourth-order valence-electron chi connectivity index (χ4n) is 1.99. The summed E-state index contributed by atoms with van der Waals surface area (Å²) in [7, 11) is 1.59. The highest BCUT2D eigenvalue weighted by Crippen LogP contribution is 2.34. The van der Waals surface area contributed by atoms with Crippen LogP contribution in [-0.2, 0) is 0 Å². The lowest BCUT2D eigenvalue weighted by Crippen LogP contribution is -2.03. The lowest BCUT2D eigenvalue weighted by molar-refractivity contribution is 0.416. The van der Waals surface area contributed by atoms with Gasteiger partial charge in [0.05, 0.1) is 24.4 Å². The number of halogens is 1. The fourth-order valence-corrected chi connectivity index (χ4v) is 2.16. The van der Waals surface area contributed by atoms with Crippen LogP contribution in [0.15, 0.2) is 18.2 Å². The summed E-state index contributed by atoms with van der Waals surface area (Å²) in [5.74, 6) is 1.48. The number of methoxy groups -OCH3 is 1. The summed E-state index contributed by atoms with van der Waals surface area (Å²) in [6, 6.07) is 7.36. The van der Waals surface area contributed by atoms with Crippen molar-refractivity contribution in [1.29, 1.82) is 5.26 Å². The molecule has 4 nitrogen and oxygen atoms in total. The number of hydrogen-bond donors (Lipinski definition) is 0. The van der Waals surface area contributed by atoms with Gasteiger partial charge in [-0.15, -0.1) is 0 Å². The summed E-state index contributed by atoms with van der Waals surface area (Å²) in [5.41, 5.74) is 2.77. The summed E-state index contributed by atoms with van der Waals surface area (Å²) in [5, 5.41) is 9.51. The van der Waals surface area contributed by atoms with Gasteiger partial charge in [-0.2, -0.15) is 5.26 Å². The molecule has 0 aliphatic heterocycles. The van der Waals surface area contributed by atoms with Gasteiger partial charge < -0.3 is 4.74 Å². The van der Waals surface area contributed by atoms with E-state index >= 15 is 0 Å². The molecule has 0 saturated heterocycles. The normalized spacial score (nSPS) is 10.5. The molecule has 108 valence electrons. The molecule has 0 unspecified atom stereocenters. The fraction of sp³-hybridized carbons (Fsp3) is 0.312. The minimum atomic E-state index is 0.159. The molecule has 0 aliphatic carbocycles. The first-order chi connectivity index (χ1) is 9.97. The maximum absolute atomic E-state index is 9.09. The number of rotatable bonds is 3. The van der Waals surface area contributed by atoms with E-state index in [9.17, 15) is 0 Å². The second-order valence-corrected chi connectivity index (χ2v) is 5.39. The van der Waals surface area contributed by atoms with Crippen molar-refractivity contribution in [3.63, 3.8) is 0 Å². The second kappa shape index (κ2) is 6.11. The van der Waals surface area contributed by atoms with Gasteiger partial charge in [-0.1, -0.05) is 25.4 Å². The van der Waals surface area contributed by atoms with Gasteiger partial charge >= 0.3 is 0 Å². The Labute approximate surface area is 129 Å². The van der Waals surface area contributed by atoms with Crippen molar-refractivity contribution in [3.8, 4) is 23.1 Å². The molecule has 0 aliphatic rings. The average molecular weight is 302 g/mol. The maximum atomic E-state index is 9.09. The predicted molar refractivity (Wildman–Crippen MR) is 82.6 cm³/mol. The molecule has 1 aromatic heterocycles. The maximum Gasteiger partial charge on any atom is 0.136 e. The number of hydrogen-bond acceptors (Lipinski definition) is 4. The van der Waals surface area contributed by atoms with E-state index in [0.717, 1.165) is 11.1 Å². The minimum absolute atomic E-state index is 0.159. The van der Waals surface area contributed by atoms with Crippen LogP contribution >= 0.6 is 11.6 Å². The molecule has 5 heteroatoms. The van der Waals surface area contributed by atoms with Crippen LogP contribution in [0.2, 0.25) is 5.15 Å². The SMILES string of the molecule is COc1ccc(C#N)cc1-c1nc(C(C)C)nc(Cl)c1C. The van der Waals surface area contributed by atoms with E-state index in [-0.39, 0.29) is 5.92 Å². The average Bonchev–Trinajstić information content (AvgIpc) is 2.49. The molecular formula is C16H16ClN3O. The van der Waals surface area contributed by atoms with Gasteiger partial charge in [0, 0.05) is 17.0 Å². The molecule has 21 heavy (non-hydrogen) atoms. The van der Waals surface area contributed by atoms with Crippen LogP contribution in [0, 0.1) is 18.3 Å². The quantitative estimate of drug-likeness (QED) is 0.801. The summed E-state index contributed by atoms with van der Waals surface area (Å²) in [6.45, 7) is 5.88. The highest BCUT2D eigenvalue weighted by atomic mass is 35.5. The Hall–Kier alpha value is -2.12. The third-order valence-corrected chi connectivity index (χ3v) is 3.57. The first-order valence-electron chi connectivity index (χ1n) is 6.60. The van der Waals surface area contributed by atoms with Gasteiger partial charge in [-0.05, 0) is 25.1 Å². The Kier molecular flexibility index (Phi) is 4.44. The second-order valence-electron chi connectivity index (χ2n) is 5.03. The van der Waals surface area contributed by atoms with Crippen LogP contribution in [-0.4, -0.2) is 17.1 Å². The smallest absolute Gasteiger partial charge is 0.136 e. The molecule has 0 radical (unpaired) electrons. The van der Waals surface area contributed by atoms with Crippen LogP contribution in [0.5, 0.6) is 5.75 Å². The predicted octanol–water partition coefficient (Wildman–Crippen LogP) is 4.11.